The van der Waals surface area contributed by atoms with Crippen LogP contribution in [0.25, 0.3) is 0 Å². The van der Waals surface area contributed by atoms with Gasteiger partial charge in [0.2, 0.25) is 7.59 Å². The molecule has 0 spiro atoms. The number of hydrogen-bond donors (Lipinski definition) is 0. The van der Waals surface area contributed by atoms with Crippen LogP contribution in [-0.4, -0.2) is 20.7 Å². The van der Waals surface area contributed by atoms with E-state index in [0.29, 0.717) is 5.56 Å². The van der Waals surface area contributed by atoms with E-state index in [1.54, 1.807) is 30.3 Å². The minimum Gasteiger partial charge on any atom is -0.294 e. The Bertz CT molecular complexity index is 680. The molecule has 122 valence electrons. The Labute approximate surface area is 162 Å². The molecule has 2 aromatic rings. The van der Waals surface area contributed by atoms with Crippen LogP contribution >= 0.6 is 69.6 Å². The third kappa shape index (κ3) is 5.31. The molecule has 10 heteroatoms. The molecule has 0 aliphatic carbocycles. The van der Waals surface area contributed by atoms with Gasteiger partial charge < -0.3 is 0 Å². The topological polar surface area (TPSA) is 55.7 Å². The number of alkyl halides is 6. The lowest BCUT2D eigenvalue weighted by Crippen LogP contribution is -2.19. The number of rotatable bonds is 3. The monoisotopic (exact) mass is 431 g/mol. The summed E-state index contributed by atoms with van der Waals surface area (Å²) in [4.78, 5) is 24.0. The second-order valence-electron chi connectivity index (χ2n) is 4.36. The third-order valence-corrected chi connectivity index (χ3v) is 3.62. The Morgan fingerprint density at radius 2 is 1.30 bits per heavy atom. The fraction of sp³-hybridized carbons (Fsp3) is 0.231. The molecular formula is C13H7Cl6N3O. The Kier molecular flexibility index (Phi) is 5.99. The molecule has 0 amide bonds. The highest BCUT2D eigenvalue weighted by Gasteiger charge is 2.34. The van der Waals surface area contributed by atoms with Crippen LogP contribution in [0.4, 0.5) is 0 Å². The smallest absolute Gasteiger partial charge is 0.250 e. The van der Waals surface area contributed by atoms with E-state index in [9.17, 15) is 4.79 Å². The molecule has 0 saturated heterocycles. The molecule has 0 radical (unpaired) electrons. The van der Waals surface area contributed by atoms with Crippen molar-refractivity contribution in [3.8, 4) is 0 Å². The van der Waals surface area contributed by atoms with E-state index in [1.165, 1.54) is 0 Å². The van der Waals surface area contributed by atoms with Crippen LogP contribution in [-0.2, 0) is 14.0 Å². The molecule has 1 heterocycles. The standard InChI is InChI=1S/C13H7Cl6N3O/c14-12(15,16)10-20-9(21-11(22-10)13(17,18)19)6-8(23)7-4-2-1-3-5-7/h1-5H,6H2. The van der Waals surface area contributed by atoms with E-state index in [4.69, 9.17) is 69.6 Å². The quantitative estimate of drug-likeness (QED) is 0.507. The molecule has 0 N–H and O–H groups in total. The van der Waals surface area contributed by atoms with Crippen molar-refractivity contribution in [3.63, 3.8) is 0 Å². The minimum absolute atomic E-state index is 0.0384. The first-order chi connectivity index (χ1) is 10.6. The van der Waals surface area contributed by atoms with Crippen molar-refractivity contribution in [2.24, 2.45) is 0 Å². The van der Waals surface area contributed by atoms with Gasteiger partial charge in [-0.2, -0.15) is 0 Å². The summed E-state index contributed by atoms with van der Waals surface area (Å²) in [6.07, 6.45) is -0.159. The molecule has 1 aromatic heterocycles. The Morgan fingerprint density at radius 3 is 1.74 bits per heavy atom. The van der Waals surface area contributed by atoms with Crippen LogP contribution in [0.2, 0.25) is 0 Å². The lowest BCUT2D eigenvalue weighted by Gasteiger charge is -2.15. The number of nitrogens with zero attached hydrogens (tertiary/aromatic N) is 3. The Morgan fingerprint density at radius 1 is 0.826 bits per heavy atom. The molecular weight excluding hydrogens is 427 g/mol. The van der Waals surface area contributed by atoms with E-state index in [-0.39, 0.29) is 29.7 Å². The summed E-state index contributed by atoms with van der Waals surface area (Å²) in [6, 6.07) is 8.59. The second-order valence-corrected chi connectivity index (χ2v) is 8.92. The van der Waals surface area contributed by atoms with Crippen molar-refractivity contribution in [1.82, 2.24) is 15.0 Å². The summed E-state index contributed by atoms with van der Waals surface area (Å²) in [6.45, 7) is 0. The van der Waals surface area contributed by atoms with Crippen LogP contribution in [0.15, 0.2) is 30.3 Å². The van der Waals surface area contributed by atoms with Gasteiger partial charge in [-0.15, -0.1) is 0 Å². The summed E-state index contributed by atoms with van der Waals surface area (Å²) < 4.78 is -3.89. The number of benzene rings is 1. The zero-order chi connectivity index (χ0) is 17.3. The van der Waals surface area contributed by atoms with Crippen LogP contribution in [0, 0.1) is 0 Å². The van der Waals surface area contributed by atoms with Crippen LogP contribution in [0.5, 0.6) is 0 Å². The maximum atomic E-state index is 12.2. The van der Waals surface area contributed by atoms with Crippen molar-refractivity contribution < 1.29 is 4.79 Å². The van der Waals surface area contributed by atoms with Gasteiger partial charge in [0.05, 0.1) is 6.42 Å². The van der Waals surface area contributed by atoms with Crippen molar-refractivity contribution >= 4 is 75.4 Å². The van der Waals surface area contributed by atoms with Crippen molar-refractivity contribution in [1.29, 1.82) is 0 Å². The normalized spacial score (nSPS) is 12.3. The molecule has 0 unspecified atom stereocenters. The van der Waals surface area contributed by atoms with Crippen molar-refractivity contribution in [2.45, 2.75) is 14.0 Å². The van der Waals surface area contributed by atoms with Gasteiger partial charge in [0.25, 0.3) is 0 Å². The molecule has 2 rings (SSSR count). The predicted molar refractivity (Wildman–Crippen MR) is 92.8 cm³/mol. The van der Waals surface area contributed by atoms with Gasteiger partial charge in [-0.05, 0) is 0 Å². The highest BCUT2D eigenvalue weighted by Crippen LogP contribution is 2.39. The zero-order valence-electron chi connectivity index (χ0n) is 11.1. The summed E-state index contributed by atoms with van der Waals surface area (Å²) in [5, 5.41) is 0. The number of hydrogen-bond acceptors (Lipinski definition) is 4. The maximum Gasteiger partial charge on any atom is 0.250 e. The minimum atomic E-state index is -1.95. The molecule has 0 fully saturated rings. The second kappa shape index (κ2) is 7.26. The largest absolute Gasteiger partial charge is 0.294 e. The highest BCUT2D eigenvalue weighted by atomic mass is 35.6. The van der Waals surface area contributed by atoms with E-state index in [2.05, 4.69) is 15.0 Å². The molecule has 4 nitrogen and oxygen atoms in total. The average Bonchev–Trinajstić information content (AvgIpc) is 2.46. The van der Waals surface area contributed by atoms with Gasteiger partial charge in [0.1, 0.15) is 5.82 Å². The van der Waals surface area contributed by atoms with Crippen LogP contribution < -0.4 is 0 Å². The first-order valence-corrected chi connectivity index (χ1v) is 8.32. The Balaban J connectivity index is 2.40. The fourth-order valence-electron chi connectivity index (χ4n) is 1.62. The SMILES string of the molecule is O=C(Cc1nc(C(Cl)(Cl)Cl)nc(C(Cl)(Cl)Cl)n1)c1ccccc1. The summed E-state index contributed by atoms with van der Waals surface area (Å²) in [7, 11) is 0. The van der Waals surface area contributed by atoms with E-state index in [0.717, 1.165) is 0 Å². The van der Waals surface area contributed by atoms with E-state index >= 15 is 0 Å². The molecule has 0 atom stereocenters. The van der Waals surface area contributed by atoms with Gasteiger partial charge in [-0.1, -0.05) is 99.9 Å². The Hall–Kier alpha value is -0.360. The van der Waals surface area contributed by atoms with Crippen molar-refractivity contribution in [2.75, 3.05) is 0 Å². The number of Topliss-reactive ketones (excluding diaryl/α,β-unsaturated/α-hetero) is 1. The fourth-order valence-corrected chi connectivity index (χ4v) is 2.13. The van der Waals surface area contributed by atoms with E-state index in [1.807, 2.05) is 0 Å². The number of carbonyl (C=O) groups is 1. The third-order valence-electron chi connectivity index (χ3n) is 2.60. The molecule has 0 saturated carbocycles. The molecule has 0 aliphatic rings. The molecule has 0 bridgehead atoms. The summed E-state index contributed by atoms with van der Waals surface area (Å²) >= 11 is 34.6. The number of aromatic nitrogens is 3. The summed E-state index contributed by atoms with van der Waals surface area (Å²) in [5.41, 5.74) is 0.485. The van der Waals surface area contributed by atoms with Crippen molar-refractivity contribution in [3.05, 3.63) is 53.4 Å². The lowest BCUT2D eigenvalue weighted by molar-refractivity contribution is 0.0990. The molecule has 0 aliphatic heterocycles. The first kappa shape index (κ1) is 19.0. The average molecular weight is 434 g/mol. The maximum absolute atomic E-state index is 12.2. The summed E-state index contributed by atoms with van der Waals surface area (Å²) in [5.74, 6) is -0.650. The van der Waals surface area contributed by atoms with Gasteiger partial charge >= 0.3 is 0 Å². The predicted octanol–water partition coefficient (Wildman–Crippen LogP) is 4.95. The van der Waals surface area contributed by atoms with Gasteiger partial charge in [0, 0.05) is 5.56 Å². The van der Waals surface area contributed by atoms with Crippen LogP contribution in [0.3, 0.4) is 0 Å². The lowest BCUT2D eigenvalue weighted by atomic mass is 10.1. The highest BCUT2D eigenvalue weighted by molar-refractivity contribution is 6.67. The van der Waals surface area contributed by atoms with Gasteiger partial charge in [-0.3, -0.25) is 4.79 Å². The number of halogens is 6. The van der Waals surface area contributed by atoms with E-state index < -0.39 is 7.59 Å². The van der Waals surface area contributed by atoms with Gasteiger partial charge in [-0.25, -0.2) is 15.0 Å². The zero-order valence-corrected chi connectivity index (χ0v) is 15.6. The number of carbonyl (C=O) groups excluding carboxylic acids is 1. The molecule has 23 heavy (non-hydrogen) atoms. The first-order valence-electron chi connectivity index (χ1n) is 6.05. The van der Waals surface area contributed by atoms with Crippen LogP contribution in [0.1, 0.15) is 27.8 Å². The number of ketones is 1. The van der Waals surface area contributed by atoms with Gasteiger partial charge in [0.15, 0.2) is 17.4 Å². The molecule has 1 aromatic carbocycles.